The smallest absolute Gasteiger partial charge is 0.252 e. The first-order valence-corrected chi connectivity index (χ1v) is 7.68. The average Bonchev–Trinajstić information content (AvgIpc) is 2.53. The highest BCUT2D eigenvalue weighted by atomic mass is 16.2. The molecule has 1 aromatic heterocycles. The van der Waals surface area contributed by atoms with E-state index in [0.717, 1.165) is 31.5 Å². The lowest BCUT2D eigenvalue weighted by molar-refractivity contribution is -0.127. The van der Waals surface area contributed by atoms with Crippen LogP contribution in [0.1, 0.15) is 37.0 Å². The number of allylic oxidation sites excluding steroid dienone is 1. The number of aromatic nitrogens is 1. The van der Waals surface area contributed by atoms with Crippen molar-refractivity contribution in [3.05, 3.63) is 41.7 Å². The lowest BCUT2D eigenvalue weighted by atomic mass is 9.96. The number of hydrogen-bond donors (Lipinski definition) is 1. The van der Waals surface area contributed by atoms with Crippen molar-refractivity contribution >= 4 is 11.8 Å². The molecule has 0 saturated carbocycles. The summed E-state index contributed by atoms with van der Waals surface area (Å²) in [5.41, 5.74) is 1.61. The van der Waals surface area contributed by atoms with E-state index in [-0.39, 0.29) is 11.8 Å². The van der Waals surface area contributed by atoms with E-state index in [9.17, 15) is 9.59 Å². The molecule has 1 fully saturated rings. The molecular formula is C17H23N3O2. The fraction of sp³-hybridized carbons (Fsp3) is 0.471. The van der Waals surface area contributed by atoms with Crippen molar-refractivity contribution in [1.82, 2.24) is 15.2 Å². The SMILES string of the molecule is CC(C)=CC(=O)N1CCC(CNC(=O)c2cccnc2)CC1. The largest absolute Gasteiger partial charge is 0.352 e. The lowest BCUT2D eigenvalue weighted by Gasteiger charge is -2.31. The molecule has 2 amide bonds. The van der Waals surface area contributed by atoms with Gasteiger partial charge in [-0.25, -0.2) is 0 Å². The van der Waals surface area contributed by atoms with Crippen molar-refractivity contribution in [2.45, 2.75) is 26.7 Å². The monoisotopic (exact) mass is 301 g/mol. The van der Waals surface area contributed by atoms with Gasteiger partial charge in [0.1, 0.15) is 0 Å². The summed E-state index contributed by atoms with van der Waals surface area (Å²) in [4.78, 5) is 29.7. The highest BCUT2D eigenvalue weighted by Crippen LogP contribution is 2.17. The standard InChI is InChI=1S/C17H23N3O2/c1-13(2)10-16(21)20-8-5-14(6-9-20)11-19-17(22)15-4-3-7-18-12-15/h3-4,7,10,12,14H,5-6,8-9,11H2,1-2H3,(H,19,22). The topological polar surface area (TPSA) is 62.3 Å². The lowest BCUT2D eigenvalue weighted by Crippen LogP contribution is -2.41. The van der Waals surface area contributed by atoms with Crippen molar-refractivity contribution in [2.24, 2.45) is 5.92 Å². The fourth-order valence-electron chi connectivity index (χ4n) is 2.53. The molecule has 1 aliphatic heterocycles. The Labute approximate surface area is 131 Å². The minimum Gasteiger partial charge on any atom is -0.352 e. The molecule has 2 heterocycles. The third-order valence-electron chi connectivity index (χ3n) is 3.81. The van der Waals surface area contributed by atoms with Gasteiger partial charge in [-0.3, -0.25) is 14.6 Å². The first-order chi connectivity index (χ1) is 10.6. The van der Waals surface area contributed by atoms with Crippen molar-refractivity contribution in [3.8, 4) is 0 Å². The summed E-state index contributed by atoms with van der Waals surface area (Å²) >= 11 is 0. The van der Waals surface area contributed by atoms with Crippen LogP contribution in [0.5, 0.6) is 0 Å². The fourth-order valence-corrected chi connectivity index (χ4v) is 2.53. The maximum atomic E-state index is 12.0. The van der Waals surface area contributed by atoms with Crippen LogP contribution in [0.2, 0.25) is 0 Å². The number of amides is 2. The van der Waals surface area contributed by atoms with Gasteiger partial charge in [0.15, 0.2) is 0 Å². The molecule has 22 heavy (non-hydrogen) atoms. The molecule has 0 aromatic carbocycles. The number of likely N-dealkylation sites (tertiary alicyclic amines) is 1. The summed E-state index contributed by atoms with van der Waals surface area (Å²) in [6.45, 7) is 6.03. The van der Waals surface area contributed by atoms with Crippen molar-refractivity contribution in [1.29, 1.82) is 0 Å². The average molecular weight is 301 g/mol. The summed E-state index contributed by atoms with van der Waals surface area (Å²) in [5.74, 6) is 0.436. The van der Waals surface area contributed by atoms with Gasteiger partial charge < -0.3 is 10.2 Å². The molecule has 2 rings (SSSR count). The van der Waals surface area contributed by atoms with E-state index < -0.39 is 0 Å². The molecule has 0 unspecified atom stereocenters. The maximum absolute atomic E-state index is 12.0. The minimum atomic E-state index is -0.0869. The molecule has 0 aliphatic carbocycles. The summed E-state index contributed by atoms with van der Waals surface area (Å²) in [5, 5.41) is 2.95. The van der Waals surface area contributed by atoms with Gasteiger partial charge in [0.25, 0.3) is 5.91 Å². The molecule has 1 N–H and O–H groups in total. The summed E-state index contributed by atoms with van der Waals surface area (Å²) < 4.78 is 0. The van der Waals surface area contributed by atoms with Gasteiger partial charge in [-0.05, 0) is 44.7 Å². The van der Waals surface area contributed by atoms with Crippen LogP contribution in [0.15, 0.2) is 36.2 Å². The zero-order valence-corrected chi connectivity index (χ0v) is 13.2. The highest BCUT2D eigenvalue weighted by Gasteiger charge is 2.22. The minimum absolute atomic E-state index is 0.0869. The number of carbonyl (C=O) groups excluding carboxylic acids is 2. The zero-order valence-electron chi connectivity index (χ0n) is 13.2. The number of nitrogens with zero attached hydrogens (tertiary/aromatic N) is 2. The first kappa shape index (κ1) is 16.2. The predicted molar refractivity (Wildman–Crippen MR) is 85.3 cm³/mol. The van der Waals surface area contributed by atoms with Gasteiger partial charge in [-0.15, -0.1) is 0 Å². The van der Waals surface area contributed by atoms with E-state index in [1.807, 2.05) is 18.7 Å². The van der Waals surface area contributed by atoms with Gasteiger partial charge in [0.2, 0.25) is 5.91 Å². The van der Waals surface area contributed by atoms with Crippen LogP contribution >= 0.6 is 0 Å². The third-order valence-corrected chi connectivity index (χ3v) is 3.81. The quantitative estimate of drug-likeness (QED) is 0.865. The molecule has 0 atom stereocenters. The molecule has 0 bridgehead atoms. The van der Waals surface area contributed by atoms with E-state index in [1.54, 1.807) is 30.6 Å². The predicted octanol–water partition coefficient (Wildman–Crippen LogP) is 2.02. The second-order valence-corrected chi connectivity index (χ2v) is 5.94. The van der Waals surface area contributed by atoms with Crippen LogP contribution < -0.4 is 5.32 Å². The Kier molecular flexibility index (Phi) is 5.69. The van der Waals surface area contributed by atoms with Crippen molar-refractivity contribution < 1.29 is 9.59 Å². The number of nitrogens with one attached hydrogen (secondary N) is 1. The Morgan fingerprint density at radius 1 is 1.36 bits per heavy atom. The first-order valence-electron chi connectivity index (χ1n) is 7.68. The zero-order chi connectivity index (χ0) is 15.9. The number of rotatable bonds is 4. The molecule has 1 saturated heterocycles. The Morgan fingerprint density at radius 2 is 2.09 bits per heavy atom. The third kappa shape index (κ3) is 4.69. The number of piperidine rings is 1. The van der Waals surface area contributed by atoms with E-state index in [0.29, 0.717) is 18.0 Å². The second kappa shape index (κ2) is 7.73. The van der Waals surface area contributed by atoms with Crippen LogP contribution in [0.4, 0.5) is 0 Å². The van der Waals surface area contributed by atoms with Crippen molar-refractivity contribution in [3.63, 3.8) is 0 Å². The molecule has 0 spiro atoms. The summed E-state index contributed by atoms with van der Waals surface area (Å²) in [6, 6.07) is 3.51. The van der Waals surface area contributed by atoms with Crippen LogP contribution in [0.25, 0.3) is 0 Å². The Bertz CT molecular complexity index is 542. The van der Waals surface area contributed by atoms with E-state index >= 15 is 0 Å². The van der Waals surface area contributed by atoms with Gasteiger partial charge in [0.05, 0.1) is 5.56 Å². The Morgan fingerprint density at radius 3 is 2.68 bits per heavy atom. The van der Waals surface area contributed by atoms with Crippen LogP contribution in [-0.2, 0) is 4.79 Å². The van der Waals surface area contributed by atoms with Crippen LogP contribution in [0, 0.1) is 5.92 Å². The van der Waals surface area contributed by atoms with E-state index in [2.05, 4.69) is 10.3 Å². The van der Waals surface area contributed by atoms with Gasteiger partial charge in [-0.2, -0.15) is 0 Å². The number of carbonyl (C=O) groups is 2. The van der Waals surface area contributed by atoms with Gasteiger partial charge in [0, 0.05) is 38.1 Å². The van der Waals surface area contributed by atoms with E-state index in [1.165, 1.54) is 0 Å². The van der Waals surface area contributed by atoms with E-state index in [4.69, 9.17) is 0 Å². The maximum Gasteiger partial charge on any atom is 0.252 e. The molecule has 5 heteroatoms. The van der Waals surface area contributed by atoms with Gasteiger partial charge in [-0.1, -0.05) is 5.57 Å². The summed E-state index contributed by atoms with van der Waals surface area (Å²) in [7, 11) is 0. The second-order valence-electron chi connectivity index (χ2n) is 5.94. The Hall–Kier alpha value is -2.17. The molecular weight excluding hydrogens is 278 g/mol. The molecule has 0 radical (unpaired) electrons. The number of pyridine rings is 1. The Balaban J connectivity index is 1.75. The summed E-state index contributed by atoms with van der Waals surface area (Å²) in [6.07, 6.45) is 6.75. The highest BCUT2D eigenvalue weighted by molar-refractivity contribution is 5.93. The number of hydrogen-bond acceptors (Lipinski definition) is 3. The molecule has 1 aromatic rings. The molecule has 5 nitrogen and oxygen atoms in total. The van der Waals surface area contributed by atoms with Crippen molar-refractivity contribution in [2.75, 3.05) is 19.6 Å². The van der Waals surface area contributed by atoms with Crippen LogP contribution in [-0.4, -0.2) is 41.3 Å². The molecule has 118 valence electrons. The van der Waals surface area contributed by atoms with Gasteiger partial charge >= 0.3 is 0 Å². The van der Waals surface area contributed by atoms with Crippen LogP contribution in [0.3, 0.4) is 0 Å². The normalized spacial score (nSPS) is 15.3. The molecule has 1 aliphatic rings.